The molecule has 21 heavy (non-hydrogen) atoms. The van der Waals surface area contributed by atoms with Crippen molar-refractivity contribution < 1.29 is 10.2 Å². The summed E-state index contributed by atoms with van der Waals surface area (Å²) in [5.41, 5.74) is 0.788. The molecule has 0 aliphatic carbocycles. The third kappa shape index (κ3) is 4.03. The quantitative estimate of drug-likeness (QED) is 0.734. The third-order valence-electron chi connectivity index (χ3n) is 4.32. The van der Waals surface area contributed by atoms with Crippen LogP contribution in [0.25, 0.3) is 10.8 Å². The van der Waals surface area contributed by atoms with Gasteiger partial charge in [-0.1, -0.05) is 43.3 Å². The van der Waals surface area contributed by atoms with E-state index in [1.54, 1.807) is 0 Å². The first-order chi connectivity index (χ1) is 10.1. The molecule has 0 bridgehead atoms. The monoisotopic (exact) mass is 287 g/mol. The molecule has 0 fully saturated rings. The molecule has 2 aromatic rings. The van der Waals surface area contributed by atoms with E-state index in [0.717, 1.165) is 17.4 Å². The van der Waals surface area contributed by atoms with Gasteiger partial charge in [0.15, 0.2) is 0 Å². The molecular weight excluding hydrogens is 262 g/mol. The minimum absolute atomic E-state index is 0.132. The van der Waals surface area contributed by atoms with Crippen LogP contribution >= 0.6 is 0 Å². The van der Waals surface area contributed by atoms with Crippen LogP contribution in [-0.2, 0) is 0 Å². The summed E-state index contributed by atoms with van der Waals surface area (Å²) >= 11 is 0. The Bertz CT molecular complexity index is 584. The largest absolute Gasteiger partial charge is 0.396 e. The molecule has 0 aromatic heterocycles. The van der Waals surface area contributed by atoms with Gasteiger partial charge in [-0.05, 0) is 42.2 Å². The lowest BCUT2D eigenvalue weighted by Crippen LogP contribution is -2.44. The van der Waals surface area contributed by atoms with E-state index < -0.39 is 6.10 Å². The number of aliphatic hydroxyl groups is 2. The first kappa shape index (κ1) is 16.0. The van der Waals surface area contributed by atoms with Gasteiger partial charge >= 0.3 is 0 Å². The zero-order valence-electron chi connectivity index (χ0n) is 12.8. The lowest BCUT2D eigenvalue weighted by atomic mass is 9.94. The summed E-state index contributed by atoms with van der Waals surface area (Å²) in [4.78, 5) is 0. The van der Waals surface area contributed by atoms with Crippen LogP contribution in [-0.4, -0.2) is 28.9 Å². The van der Waals surface area contributed by atoms with E-state index >= 15 is 0 Å². The molecule has 0 amide bonds. The molecule has 2 unspecified atom stereocenters. The van der Waals surface area contributed by atoms with Gasteiger partial charge in [0.05, 0.1) is 6.10 Å². The van der Waals surface area contributed by atoms with Crippen LogP contribution in [0.2, 0.25) is 0 Å². The second-order valence-electron chi connectivity index (χ2n) is 5.89. The van der Waals surface area contributed by atoms with E-state index in [1.165, 1.54) is 5.39 Å². The lowest BCUT2D eigenvalue weighted by Gasteiger charge is -2.30. The van der Waals surface area contributed by atoms with Crippen molar-refractivity contribution in [1.82, 2.24) is 5.32 Å². The third-order valence-corrected chi connectivity index (χ3v) is 4.32. The Balaban J connectivity index is 2.06. The maximum Gasteiger partial charge on any atom is 0.0914 e. The first-order valence-electron chi connectivity index (χ1n) is 7.60. The lowest BCUT2D eigenvalue weighted by molar-refractivity contribution is 0.145. The summed E-state index contributed by atoms with van der Waals surface area (Å²) in [5, 5.41) is 25.2. The second-order valence-corrected chi connectivity index (χ2v) is 5.89. The Morgan fingerprint density at radius 3 is 2.52 bits per heavy atom. The van der Waals surface area contributed by atoms with Gasteiger partial charge in [-0.2, -0.15) is 0 Å². The number of nitrogens with one attached hydrogen (secondary N) is 1. The molecular formula is C18H25NO2. The summed E-state index contributed by atoms with van der Waals surface area (Å²) in [6.07, 6.45) is 1.06. The predicted molar refractivity (Wildman–Crippen MR) is 87.3 cm³/mol. The SMILES string of the molecule is CCC(C)(CCO)NCC(O)c1ccc2ccccc2c1. The number of rotatable bonds is 7. The van der Waals surface area contributed by atoms with Crippen molar-refractivity contribution in [2.75, 3.05) is 13.2 Å². The molecule has 0 radical (unpaired) electrons. The molecule has 0 spiro atoms. The molecule has 2 atom stereocenters. The minimum atomic E-state index is -0.542. The van der Waals surface area contributed by atoms with Crippen molar-refractivity contribution in [3.05, 3.63) is 48.0 Å². The number of aliphatic hydroxyl groups excluding tert-OH is 2. The van der Waals surface area contributed by atoms with Crippen molar-refractivity contribution in [2.45, 2.75) is 38.3 Å². The number of fused-ring (bicyclic) bond motifs is 1. The standard InChI is InChI=1S/C18H25NO2/c1-3-18(2,10-11-20)19-13-17(21)16-9-8-14-6-4-5-7-15(14)12-16/h4-9,12,17,19-21H,3,10-11,13H2,1-2H3. The van der Waals surface area contributed by atoms with Gasteiger partial charge < -0.3 is 15.5 Å². The van der Waals surface area contributed by atoms with Crippen LogP contribution in [0.4, 0.5) is 0 Å². The fourth-order valence-corrected chi connectivity index (χ4v) is 2.51. The average Bonchev–Trinajstić information content (AvgIpc) is 2.52. The summed E-state index contributed by atoms with van der Waals surface area (Å²) in [7, 11) is 0. The van der Waals surface area contributed by atoms with E-state index in [0.29, 0.717) is 13.0 Å². The highest BCUT2D eigenvalue weighted by molar-refractivity contribution is 5.83. The molecule has 2 aromatic carbocycles. The van der Waals surface area contributed by atoms with Crippen molar-refractivity contribution >= 4 is 10.8 Å². The molecule has 0 aliphatic rings. The number of hydrogen-bond acceptors (Lipinski definition) is 3. The number of benzene rings is 2. The van der Waals surface area contributed by atoms with E-state index in [4.69, 9.17) is 5.11 Å². The van der Waals surface area contributed by atoms with Crippen LogP contribution in [0.5, 0.6) is 0 Å². The predicted octanol–water partition coefficient (Wildman–Crippen LogP) is 3.01. The maximum atomic E-state index is 10.4. The zero-order chi connectivity index (χ0) is 15.3. The minimum Gasteiger partial charge on any atom is -0.396 e. The zero-order valence-corrected chi connectivity index (χ0v) is 12.8. The van der Waals surface area contributed by atoms with Crippen LogP contribution in [0.15, 0.2) is 42.5 Å². The molecule has 0 heterocycles. The fraction of sp³-hybridized carbons (Fsp3) is 0.444. The van der Waals surface area contributed by atoms with Crippen LogP contribution in [0.3, 0.4) is 0 Å². The molecule has 3 heteroatoms. The summed E-state index contributed by atoms with van der Waals surface area (Å²) in [6, 6.07) is 14.2. The van der Waals surface area contributed by atoms with Gasteiger partial charge in [0.2, 0.25) is 0 Å². The van der Waals surface area contributed by atoms with Crippen molar-refractivity contribution in [1.29, 1.82) is 0 Å². The van der Waals surface area contributed by atoms with E-state index in [1.807, 2.05) is 30.3 Å². The Morgan fingerprint density at radius 1 is 1.14 bits per heavy atom. The topological polar surface area (TPSA) is 52.5 Å². The molecule has 2 rings (SSSR count). The fourth-order valence-electron chi connectivity index (χ4n) is 2.51. The highest BCUT2D eigenvalue weighted by Gasteiger charge is 2.22. The van der Waals surface area contributed by atoms with Gasteiger partial charge in [-0.3, -0.25) is 0 Å². The Morgan fingerprint density at radius 2 is 1.86 bits per heavy atom. The van der Waals surface area contributed by atoms with E-state index in [-0.39, 0.29) is 12.1 Å². The molecule has 0 saturated heterocycles. The van der Waals surface area contributed by atoms with Gasteiger partial charge in [0.25, 0.3) is 0 Å². The molecule has 3 N–H and O–H groups in total. The number of β-amino-alcohol motifs (C(OH)–C–C–N with tert-alkyl or cyclic N) is 1. The summed E-state index contributed by atoms with van der Waals surface area (Å²) in [6.45, 7) is 4.81. The Labute approximate surface area is 126 Å². The van der Waals surface area contributed by atoms with Crippen LogP contribution in [0.1, 0.15) is 38.4 Å². The second kappa shape index (κ2) is 7.03. The van der Waals surface area contributed by atoms with E-state index in [9.17, 15) is 5.11 Å². The maximum absolute atomic E-state index is 10.4. The molecule has 0 saturated carbocycles. The van der Waals surface area contributed by atoms with Gasteiger partial charge in [0, 0.05) is 18.7 Å². The van der Waals surface area contributed by atoms with E-state index in [2.05, 4.69) is 31.3 Å². The Kier molecular flexibility index (Phi) is 5.34. The molecule has 0 aliphatic heterocycles. The molecule has 114 valence electrons. The smallest absolute Gasteiger partial charge is 0.0914 e. The van der Waals surface area contributed by atoms with Crippen molar-refractivity contribution in [3.63, 3.8) is 0 Å². The van der Waals surface area contributed by atoms with Crippen LogP contribution in [0, 0.1) is 0 Å². The average molecular weight is 287 g/mol. The molecule has 3 nitrogen and oxygen atoms in total. The first-order valence-corrected chi connectivity index (χ1v) is 7.60. The summed E-state index contributed by atoms with van der Waals surface area (Å²) < 4.78 is 0. The van der Waals surface area contributed by atoms with Crippen LogP contribution < -0.4 is 5.32 Å². The summed E-state index contributed by atoms with van der Waals surface area (Å²) in [5.74, 6) is 0. The van der Waals surface area contributed by atoms with Gasteiger partial charge in [-0.15, -0.1) is 0 Å². The normalized spacial score (nSPS) is 15.8. The van der Waals surface area contributed by atoms with Crippen molar-refractivity contribution in [3.8, 4) is 0 Å². The highest BCUT2D eigenvalue weighted by Crippen LogP contribution is 2.21. The van der Waals surface area contributed by atoms with Crippen molar-refractivity contribution in [2.24, 2.45) is 0 Å². The van der Waals surface area contributed by atoms with Gasteiger partial charge in [0.1, 0.15) is 0 Å². The number of hydrogen-bond donors (Lipinski definition) is 3. The highest BCUT2D eigenvalue weighted by atomic mass is 16.3. The van der Waals surface area contributed by atoms with Gasteiger partial charge in [-0.25, -0.2) is 0 Å². The Hall–Kier alpha value is -1.42.